The molecule has 1 aromatic heterocycles. The molecule has 0 aliphatic carbocycles. The van der Waals surface area contributed by atoms with Gasteiger partial charge in [-0.25, -0.2) is 10.0 Å². The fourth-order valence-corrected chi connectivity index (χ4v) is 8.29. The van der Waals surface area contributed by atoms with E-state index in [2.05, 4.69) is 20.8 Å². The number of hydrazine groups is 1. The Morgan fingerprint density at radius 2 is 1.93 bits per heavy atom. The van der Waals surface area contributed by atoms with Gasteiger partial charge in [0.05, 0.1) is 18.2 Å². The van der Waals surface area contributed by atoms with E-state index >= 15 is 0 Å². The van der Waals surface area contributed by atoms with Crippen molar-refractivity contribution in [1.29, 1.82) is 0 Å². The number of carbonyl (C=O) groups excluding carboxylic acids is 7. The zero-order valence-electron chi connectivity index (χ0n) is 24.5. The summed E-state index contributed by atoms with van der Waals surface area (Å²) < 4.78 is 0.592. The van der Waals surface area contributed by atoms with Crippen LogP contribution in [-0.2, 0) is 33.6 Å². The van der Waals surface area contributed by atoms with E-state index in [9.17, 15) is 38.7 Å². The fourth-order valence-electron chi connectivity index (χ4n) is 5.24. The van der Waals surface area contributed by atoms with Gasteiger partial charge in [0, 0.05) is 24.6 Å². The van der Waals surface area contributed by atoms with Gasteiger partial charge in [-0.1, -0.05) is 53.4 Å². The number of hydrogen-bond donors (Lipinski definition) is 2. The summed E-state index contributed by atoms with van der Waals surface area (Å²) >= 11 is 3.60. The minimum absolute atomic E-state index is 0. The summed E-state index contributed by atoms with van der Waals surface area (Å²) in [5.41, 5.74) is -0.362. The topological polar surface area (TPSA) is 205 Å². The Labute approximate surface area is 296 Å². The summed E-state index contributed by atoms with van der Waals surface area (Å²) in [6.07, 6.45) is 0.424. The molecule has 2 N–H and O–H groups in total. The van der Waals surface area contributed by atoms with Crippen molar-refractivity contribution in [2.75, 3.05) is 31.1 Å². The van der Waals surface area contributed by atoms with Crippen molar-refractivity contribution in [3.8, 4) is 0 Å². The van der Waals surface area contributed by atoms with Crippen molar-refractivity contribution < 1.29 is 68.2 Å². The molecule has 3 atom stereocenters. The van der Waals surface area contributed by atoms with Gasteiger partial charge in [0.1, 0.15) is 10.9 Å². The van der Waals surface area contributed by atoms with E-state index < -0.39 is 46.7 Å². The van der Waals surface area contributed by atoms with E-state index in [1.807, 2.05) is 0 Å². The molecule has 2 aromatic rings. The average molecular weight is 697 g/mol. The quantitative estimate of drug-likeness (QED) is 0.0504. The monoisotopic (exact) mass is 696 g/mol. The number of carboxylic acids is 1. The first-order chi connectivity index (χ1) is 21.7. The first-order valence-corrected chi connectivity index (χ1v) is 16.3. The van der Waals surface area contributed by atoms with Crippen molar-refractivity contribution in [2.24, 2.45) is 0 Å². The fraction of sp³-hybridized carbons (Fsp3) is 0.346. The first kappa shape index (κ1) is 35.4. The summed E-state index contributed by atoms with van der Waals surface area (Å²) in [5.74, 6) is -5.14. The van der Waals surface area contributed by atoms with E-state index in [1.54, 1.807) is 25.1 Å². The van der Waals surface area contributed by atoms with Crippen molar-refractivity contribution in [3.63, 3.8) is 0 Å². The molecule has 0 radical (unpaired) electrons. The third kappa shape index (κ3) is 6.39. The molecular weight excluding hydrogens is 672 g/mol. The molecule has 46 heavy (non-hydrogen) atoms. The molecule has 6 amide bonds. The van der Waals surface area contributed by atoms with Crippen LogP contribution in [0.4, 0.5) is 0 Å². The van der Waals surface area contributed by atoms with Crippen LogP contribution in [0, 0.1) is 0 Å². The van der Waals surface area contributed by atoms with Gasteiger partial charge in [-0.3, -0.25) is 33.7 Å². The number of rotatable bonds is 13. The number of piperazine rings is 1. The molecule has 20 heteroatoms. The van der Waals surface area contributed by atoms with Gasteiger partial charge in [-0.15, -0.1) is 22.0 Å². The van der Waals surface area contributed by atoms with Crippen molar-refractivity contribution >= 4 is 77.3 Å². The predicted octanol–water partition coefficient (Wildman–Crippen LogP) is -5.08. The van der Waals surface area contributed by atoms with Crippen LogP contribution < -0.4 is 45.3 Å². The van der Waals surface area contributed by atoms with Gasteiger partial charge < -0.3 is 25.4 Å². The van der Waals surface area contributed by atoms with E-state index in [1.165, 1.54) is 45.6 Å². The van der Waals surface area contributed by atoms with Crippen molar-refractivity contribution in [1.82, 2.24) is 40.6 Å². The van der Waals surface area contributed by atoms with Gasteiger partial charge in [0.25, 0.3) is 11.8 Å². The second-order valence-corrected chi connectivity index (χ2v) is 12.9. The molecule has 3 aliphatic heterocycles. The number of amides is 6. The normalized spacial score (nSPS) is 21.5. The van der Waals surface area contributed by atoms with Gasteiger partial charge >= 0.3 is 41.4 Å². The van der Waals surface area contributed by atoms with Crippen LogP contribution in [-0.4, -0.2) is 115 Å². The van der Waals surface area contributed by atoms with Crippen molar-refractivity contribution in [3.05, 3.63) is 52.7 Å². The number of fused-ring (bicyclic) bond motifs is 1. The maximum absolute atomic E-state index is 14.1. The van der Waals surface area contributed by atoms with E-state index in [0.717, 1.165) is 26.7 Å². The summed E-state index contributed by atoms with van der Waals surface area (Å²) in [6, 6.07) is 6.30. The number of aromatic nitrogens is 2. The Hall–Kier alpha value is -3.49. The third-order valence-electron chi connectivity index (χ3n) is 7.35. The molecule has 2 fully saturated rings. The Balaban J connectivity index is 0.00000480. The molecule has 0 spiro atoms. The van der Waals surface area contributed by atoms with Gasteiger partial charge in [-0.05, 0) is 18.1 Å². The SMILES string of the molecule is CCN1CCN(N(C=O)C(C(=O)N[C@]2(NC=O)C(=O)N3C(C(=O)[O-])=C(CSc4nncs4)CS[C@H]32)c2ccccc2)C(=O)C1=O.[Na+]. The molecule has 0 bridgehead atoms. The Morgan fingerprint density at radius 3 is 2.54 bits per heavy atom. The van der Waals surface area contributed by atoms with Gasteiger partial charge in [0.2, 0.25) is 18.5 Å². The molecule has 16 nitrogen and oxygen atoms in total. The number of thioether (sulfide) groups is 2. The van der Waals surface area contributed by atoms with Crippen molar-refractivity contribution in [2.45, 2.75) is 28.3 Å². The number of nitrogens with zero attached hydrogens (tertiary/aromatic N) is 6. The number of aliphatic carboxylic acids is 1. The standard InChI is InChI=1S/C26H26N8O8S3.Na/c1-2-31-8-9-32(21(39)20(31)38)33(14-36)17(15-6-4-3-5-7-15)19(37)29-26(27-12-35)23(42)34-18(22(40)41)16(10-43-24(26)34)11-44-25-30-28-13-45-25;/h3-7,12-14,17,24H,2,8-11H2,1H3,(H,27,35)(H,29,37)(H,40,41);/q;+1/p-1/t17?,24-,26+;/m0./s1. The summed E-state index contributed by atoms with van der Waals surface area (Å²) in [4.78, 5) is 92.2. The van der Waals surface area contributed by atoms with Gasteiger partial charge in [-0.2, -0.15) is 0 Å². The van der Waals surface area contributed by atoms with Crippen LogP contribution in [0.2, 0.25) is 0 Å². The van der Waals surface area contributed by atoms with Crippen LogP contribution in [0.1, 0.15) is 18.5 Å². The van der Waals surface area contributed by atoms with Crippen LogP contribution >= 0.6 is 34.9 Å². The third-order valence-corrected chi connectivity index (χ3v) is 10.7. The molecule has 3 aliphatic rings. The van der Waals surface area contributed by atoms with E-state index in [-0.39, 0.29) is 84.8 Å². The second-order valence-electron chi connectivity index (χ2n) is 9.74. The molecule has 1 aromatic carbocycles. The predicted molar refractivity (Wildman–Crippen MR) is 157 cm³/mol. The number of nitrogens with one attached hydrogen (secondary N) is 2. The number of hydrogen-bond acceptors (Lipinski definition) is 13. The summed E-state index contributed by atoms with van der Waals surface area (Å²) in [6.45, 7) is 1.98. The zero-order valence-corrected chi connectivity index (χ0v) is 28.9. The maximum Gasteiger partial charge on any atom is 1.00 e. The first-order valence-electron chi connectivity index (χ1n) is 13.4. The Kier molecular flexibility index (Phi) is 11.5. The smallest absolute Gasteiger partial charge is 0.543 e. The Bertz CT molecular complexity index is 1570. The zero-order chi connectivity index (χ0) is 32.3. The van der Waals surface area contributed by atoms with E-state index in [4.69, 9.17) is 0 Å². The molecule has 4 heterocycles. The molecule has 236 valence electrons. The van der Waals surface area contributed by atoms with Crippen LogP contribution in [0.5, 0.6) is 0 Å². The molecule has 2 saturated heterocycles. The number of β-lactam (4-membered cyclic amide) rings is 1. The number of carboxylic acid groups (broad SMARTS) is 1. The van der Waals surface area contributed by atoms with Crippen LogP contribution in [0.15, 0.2) is 51.5 Å². The molecule has 1 unspecified atom stereocenters. The number of likely N-dealkylation sites (N-methyl/N-ethyl adjacent to an activating group) is 1. The summed E-state index contributed by atoms with van der Waals surface area (Å²) in [7, 11) is 0. The van der Waals surface area contributed by atoms with E-state index in [0.29, 0.717) is 9.91 Å². The minimum atomic E-state index is -2.11. The summed E-state index contributed by atoms with van der Waals surface area (Å²) in [5, 5.41) is 25.3. The maximum atomic E-state index is 14.1. The second kappa shape index (κ2) is 14.9. The Morgan fingerprint density at radius 1 is 1.20 bits per heavy atom. The molecular formula is C26H25N8NaO8S3. The van der Waals surface area contributed by atoms with Crippen LogP contribution in [0.3, 0.4) is 0 Å². The number of carbonyl (C=O) groups is 7. The molecule has 5 rings (SSSR count). The largest absolute Gasteiger partial charge is 1.00 e. The minimum Gasteiger partial charge on any atom is -0.543 e. The number of benzene rings is 1. The van der Waals surface area contributed by atoms with Crippen LogP contribution in [0.25, 0.3) is 0 Å². The molecule has 0 saturated carbocycles. The van der Waals surface area contributed by atoms with Gasteiger partial charge in [0.15, 0.2) is 10.4 Å². The average Bonchev–Trinajstić information content (AvgIpc) is 3.57.